The Bertz CT molecular complexity index is 756. The van der Waals surface area contributed by atoms with Gasteiger partial charge in [0.1, 0.15) is 11.6 Å². The molecule has 1 aliphatic heterocycles. The van der Waals surface area contributed by atoms with Crippen LogP contribution in [0, 0.1) is 19.8 Å². The lowest BCUT2D eigenvalue weighted by Crippen LogP contribution is -2.44. The number of hydrogen-bond donors (Lipinski definition) is 2. The van der Waals surface area contributed by atoms with Crippen LogP contribution < -0.4 is 5.32 Å². The molecule has 0 bridgehead atoms. The number of nitrogens with zero attached hydrogens (tertiary/aromatic N) is 4. The molecule has 7 heteroatoms. The molecule has 1 aromatic heterocycles. The largest absolute Gasteiger partial charge is 0.393 e. The first-order valence-corrected chi connectivity index (χ1v) is 8.69. The van der Waals surface area contributed by atoms with Gasteiger partial charge in [-0.25, -0.2) is 14.5 Å². The normalized spacial score (nSPS) is 18.9. The molecule has 1 aliphatic rings. The van der Waals surface area contributed by atoms with Crippen molar-refractivity contribution in [1.29, 1.82) is 0 Å². The average molecular weight is 343 g/mol. The summed E-state index contributed by atoms with van der Waals surface area (Å²) < 4.78 is 1.74. The lowest BCUT2D eigenvalue weighted by Gasteiger charge is -2.34. The summed E-state index contributed by atoms with van der Waals surface area (Å²) in [5, 5.41) is 17.2. The number of amides is 2. The molecular formula is C18H25N5O2. The number of nitrogens with one attached hydrogen (secondary N) is 1. The lowest BCUT2D eigenvalue weighted by molar-refractivity contribution is 0.0766. The Morgan fingerprint density at radius 3 is 2.80 bits per heavy atom. The van der Waals surface area contributed by atoms with Crippen molar-refractivity contribution in [2.45, 2.75) is 39.7 Å². The highest BCUT2D eigenvalue weighted by Gasteiger charge is 2.27. The number of benzene rings is 1. The Morgan fingerprint density at radius 2 is 2.12 bits per heavy atom. The number of rotatable bonds is 3. The van der Waals surface area contributed by atoms with E-state index in [0.717, 1.165) is 24.4 Å². The maximum absolute atomic E-state index is 12.7. The van der Waals surface area contributed by atoms with E-state index in [1.807, 2.05) is 38.1 Å². The quantitative estimate of drug-likeness (QED) is 0.897. The van der Waals surface area contributed by atoms with E-state index in [0.29, 0.717) is 24.6 Å². The van der Waals surface area contributed by atoms with Gasteiger partial charge in [0.15, 0.2) is 0 Å². The summed E-state index contributed by atoms with van der Waals surface area (Å²) in [5.74, 6) is 1.59. The third-order valence-electron chi connectivity index (χ3n) is 4.68. The lowest BCUT2D eigenvalue weighted by atomic mass is 9.94. The van der Waals surface area contributed by atoms with Crippen molar-refractivity contribution in [2.24, 2.45) is 5.92 Å². The van der Waals surface area contributed by atoms with Gasteiger partial charge < -0.3 is 15.3 Å². The van der Waals surface area contributed by atoms with Crippen LogP contribution in [0.1, 0.15) is 31.4 Å². The molecule has 25 heavy (non-hydrogen) atoms. The minimum Gasteiger partial charge on any atom is -0.393 e. The third-order valence-corrected chi connectivity index (χ3v) is 4.68. The first-order chi connectivity index (χ1) is 12.0. The van der Waals surface area contributed by atoms with Crippen LogP contribution in [0.5, 0.6) is 0 Å². The van der Waals surface area contributed by atoms with Crippen molar-refractivity contribution >= 4 is 11.7 Å². The Kier molecular flexibility index (Phi) is 5.03. The first-order valence-electron chi connectivity index (χ1n) is 8.69. The molecule has 1 saturated heterocycles. The Hall–Kier alpha value is -2.41. The number of likely N-dealkylation sites (tertiary alicyclic amines) is 1. The second-order valence-electron chi connectivity index (χ2n) is 6.65. The number of urea groups is 1. The number of hydrogen-bond acceptors (Lipinski definition) is 4. The van der Waals surface area contributed by atoms with Crippen molar-refractivity contribution in [3.05, 3.63) is 35.9 Å². The highest BCUT2D eigenvalue weighted by molar-refractivity contribution is 5.91. The summed E-state index contributed by atoms with van der Waals surface area (Å²) in [5.41, 5.74) is 1.48. The maximum atomic E-state index is 12.7. The highest BCUT2D eigenvalue weighted by atomic mass is 16.3. The molecule has 134 valence electrons. The van der Waals surface area contributed by atoms with Gasteiger partial charge in [-0.05, 0) is 45.7 Å². The number of para-hydroxylation sites is 2. The fourth-order valence-electron chi connectivity index (χ4n) is 3.30. The van der Waals surface area contributed by atoms with Gasteiger partial charge in [0.25, 0.3) is 0 Å². The van der Waals surface area contributed by atoms with Crippen LogP contribution in [-0.2, 0) is 0 Å². The standard InChI is InChI=1S/C18H25N5O2/c1-12(24)15-7-6-10-22(11-15)18(25)20-16-8-4-5-9-17(16)23-14(3)19-13(2)21-23/h4-5,8-9,12,15,24H,6-7,10-11H2,1-3H3,(H,20,25). The number of aryl methyl sites for hydroxylation is 2. The van der Waals surface area contributed by atoms with Crippen molar-refractivity contribution in [3.8, 4) is 5.69 Å². The second kappa shape index (κ2) is 7.23. The molecule has 1 fully saturated rings. The SMILES string of the molecule is Cc1nc(C)n(-c2ccccc2NC(=O)N2CCCC(C(C)O)C2)n1. The number of piperidine rings is 1. The number of carbonyl (C=O) groups is 1. The van der Waals surface area contributed by atoms with Gasteiger partial charge >= 0.3 is 6.03 Å². The van der Waals surface area contributed by atoms with Crippen LogP contribution >= 0.6 is 0 Å². The van der Waals surface area contributed by atoms with Crippen molar-refractivity contribution in [1.82, 2.24) is 19.7 Å². The van der Waals surface area contributed by atoms with E-state index in [1.54, 1.807) is 16.5 Å². The molecule has 2 aromatic rings. The molecule has 3 rings (SSSR count). The molecule has 1 aromatic carbocycles. The molecule has 0 radical (unpaired) electrons. The van der Waals surface area contributed by atoms with E-state index in [1.165, 1.54) is 0 Å². The minimum atomic E-state index is -0.399. The van der Waals surface area contributed by atoms with E-state index in [2.05, 4.69) is 15.4 Å². The monoisotopic (exact) mass is 343 g/mol. The van der Waals surface area contributed by atoms with Crippen LogP contribution in [0.4, 0.5) is 10.5 Å². The summed E-state index contributed by atoms with van der Waals surface area (Å²) in [6.07, 6.45) is 1.46. The van der Waals surface area contributed by atoms with E-state index >= 15 is 0 Å². The number of aromatic nitrogens is 3. The van der Waals surface area contributed by atoms with Crippen molar-refractivity contribution in [3.63, 3.8) is 0 Å². The molecule has 2 atom stereocenters. The van der Waals surface area contributed by atoms with E-state index < -0.39 is 6.10 Å². The van der Waals surface area contributed by atoms with Gasteiger partial charge in [0, 0.05) is 19.0 Å². The number of aliphatic hydroxyl groups is 1. The van der Waals surface area contributed by atoms with Gasteiger partial charge in [-0.1, -0.05) is 12.1 Å². The Balaban J connectivity index is 1.79. The zero-order valence-electron chi connectivity index (χ0n) is 14.9. The molecule has 0 spiro atoms. The molecule has 2 unspecified atom stereocenters. The number of anilines is 1. The van der Waals surface area contributed by atoms with E-state index in [-0.39, 0.29) is 11.9 Å². The Morgan fingerprint density at radius 1 is 1.36 bits per heavy atom. The van der Waals surface area contributed by atoms with E-state index in [9.17, 15) is 9.90 Å². The maximum Gasteiger partial charge on any atom is 0.321 e. The summed E-state index contributed by atoms with van der Waals surface area (Å²) >= 11 is 0. The average Bonchev–Trinajstić information content (AvgIpc) is 2.93. The zero-order valence-corrected chi connectivity index (χ0v) is 14.9. The van der Waals surface area contributed by atoms with Gasteiger partial charge in [-0.15, -0.1) is 0 Å². The fraction of sp³-hybridized carbons (Fsp3) is 0.500. The van der Waals surface area contributed by atoms with E-state index in [4.69, 9.17) is 0 Å². The Labute approximate surface area is 147 Å². The van der Waals surface area contributed by atoms with Crippen LogP contribution in [0.15, 0.2) is 24.3 Å². The molecule has 2 heterocycles. The van der Waals surface area contributed by atoms with Gasteiger partial charge in [-0.3, -0.25) is 0 Å². The van der Waals surface area contributed by atoms with Crippen LogP contribution in [-0.4, -0.2) is 50.0 Å². The zero-order chi connectivity index (χ0) is 18.0. The van der Waals surface area contributed by atoms with Crippen molar-refractivity contribution < 1.29 is 9.90 Å². The first kappa shape index (κ1) is 17.4. The summed E-state index contributed by atoms with van der Waals surface area (Å²) in [6.45, 7) is 6.80. The minimum absolute atomic E-state index is 0.134. The third kappa shape index (κ3) is 3.82. The predicted octanol–water partition coefficient (Wildman–Crippen LogP) is 2.51. The van der Waals surface area contributed by atoms with Gasteiger partial charge in [0.05, 0.1) is 17.5 Å². The predicted molar refractivity (Wildman–Crippen MR) is 95.8 cm³/mol. The van der Waals surface area contributed by atoms with Crippen molar-refractivity contribution in [2.75, 3.05) is 18.4 Å². The van der Waals surface area contributed by atoms with Crippen LogP contribution in [0.25, 0.3) is 5.69 Å². The molecule has 2 amide bonds. The van der Waals surface area contributed by atoms with Crippen LogP contribution in [0.3, 0.4) is 0 Å². The summed E-state index contributed by atoms with van der Waals surface area (Å²) in [7, 11) is 0. The molecule has 7 nitrogen and oxygen atoms in total. The topological polar surface area (TPSA) is 83.3 Å². The molecular weight excluding hydrogens is 318 g/mol. The van der Waals surface area contributed by atoms with Crippen LogP contribution in [0.2, 0.25) is 0 Å². The molecule has 0 saturated carbocycles. The molecule has 0 aliphatic carbocycles. The summed E-state index contributed by atoms with van der Waals surface area (Å²) in [6, 6.07) is 7.41. The molecule has 2 N–H and O–H groups in total. The summed E-state index contributed by atoms with van der Waals surface area (Å²) in [4.78, 5) is 18.8. The fourth-order valence-corrected chi connectivity index (χ4v) is 3.30. The number of carbonyl (C=O) groups excluding carboxylic acids is 1. The van der Waals surface area contributed by atoms with Gasteiger partial charge in [-0.2, -0.15) is 5.10 Å². The van der Waals surface area contributed by atoms with Gasteiger partial charge in [0.2, 0.25) is 0 Å². The number of aliphatic hydroxyl groups excluding tert-OH is 1. The smallest absolute Gasteiger partial charge is 0.321 e. The highest BCUT2D eigenvalue weighted by Crippen LogP contribution is 2.23. The second-order valence-corrected chi connectivity index (χ2v) is 6.65.